The number of fused-ring (bicyclic) bond motifs is 3. The Morgan fingerprint density at radius 3 is 2.49 bits per heavy atom. The molecule has 1 aromatic heterocycles. The van der Waals surface area contributed by atoms with E-state index in [1.165, 1.54) is 26.2 Å². The third-order valence-electron chi connectivity index (χ3n) is 10.2. The molecule has 8 nitrogen and oxygen atoms in total. The lowest BCUT2D eigenvalue weighted by molar-refractivity contribution is -0.201. The summed E-state index contributed by atoms with van der Waals surface area (Å²) in [5.41, 5.74) is -1.17. The van der Waals surface area contributed by atoms with Gasteiger partial charge in [-0.25, -0.2) is 4.79 Å². The summed E-state index contributed by atoms with van der Waals surface area (Å²) in [6.07, 6.45) is 6.11. The van der Waals surface area contributed by atoms with Crippen LogP contribution in [-0.4, -0.2) is 46.6 Å². The Morgan fingerprint density at radius 1 is 1.03 bits per heavy atom. The third kappa shape index (κ3) is 3.14. The Hall–Kier alpha value is -2.19. The van der Waals surface area contributed by atoms with Crippen LogP contribution in [-0.2, 0) is 23.8 Å². The second-order valence-corrected chi connectivity index (χ2v) is 11.7. The second-order valence-electron chi connectivity index (χ2n) is 11.7. The van der Waals surface area contributed by atoms with Gasteiger partial charge in [-0.1, -0.05) is 6.92 Å². The van der Waals surface area contributed by atoms with Gasteiger partial charge in [0.15, 0.2) is 0 Å². The molecule has 2 heterocycles. The first-order chi connectivity index (χ1) is 16.6. The number of aliphatic hydroxyl groups is 1. The molecular formula is C27H34O8. The summed E-state index contributed by atoms with van der Waals surface area (Å²) in [5.74, 6) is -0.430. The minimum absolute atomic E-state index is 0.0861. The van der Waals surface area contributed by atoms with Crippen molar-refractivity contribution in [3.63, 3.8) is 0 Å². The lowest BCUT2D eigenvalue weighted by atomic mass is 9.47. The molecule has 5 aliphatic rings. The van der Waals surface area contributed by atoms with Crippen molar-refractivity contribution in [3.05, 3.63) is 34.4 Å². The molecule has 5 fully saturated rings. The maximum Gasteiger partial charge on any atom is 0.335 e. The Labute approximate surface area is 204 Å². The van der Waals surface area contributed by atoms with Crippen molar-refractivity contribution in [2.24, 2.45) is 23.2 Å². The van der Waals surface area contributed by atoms with Crippen molar-refractivity contribution >= 4 is 11.9 Å². The molecule has 4 saturated carbocycles. The average Bonchev–Trinajstić information content (AvgIpc) is 3.49. The first kappa shape index (κ1) is 23.2. The van der Waals surface area contributed by atoms with Gasteiger partial charge in [-0.3, -0.25) is 9.59 Å². The van der Waals surface area contributed by atoms with E-state index in [0.29, 0.717) is 19.3 Å². The molecule has 6 rings (SSSR count). The molecule has 1 saturated heterocycles. The van der Waals surface area contributed by atoms with Gasteiger partial charge in [-0.15, -0.1) is 0 Å². The van der Waals surface area contributed by atoms with Crippen LogP contribution >= 0.6 is 0 Å². The first-order valence-electron chi connectivity index (χ1n) is 12.9. The van der Waals surface area contributed by atoms with Crippen LogP contribution in [0, 0.1) is 23.2 Å². The van der Waals surface area contributed by atoms with E-state index in [0.717, 1.165) is 31.2 Å². The number of rotatable bonds is 3. The van der Waals surface area contributed by atoms with Gasteiger partial charge < -0.3 is 23.7 Å². The number of carbonyl (C=O) groups excluding carboxylic acids is 2. The van der Waals surface area contributed by atoms with Crippen LogP contribution in [0.25, 0.3) is 0 Å². The molecule has 4 aliphatic carbocycles. The molecular weight excluding hydrogens is 452 g/mol. The summed E-state index contributed by atoms with van der Waals surface area (Å²) < 4.78 is 23.2. The zero-order valence-corrected chi connectivity index (χ0v) is 20.5. The van der Waals surface area contributed by atoms with Crippen LogP contribution in [0.4, 0.5) is 0 Å². The SMILES string of the molecule is CC(=O)O[C@H]1CC[C@@]2(O)[C@H](CC[C@@H]3[C@@H]2CC[C@]2(C)[C@@H](c4ccc(=O)oc4)[C@@H](OC(C)=O)[C@H]4O[C@]342)C1. The predicted octanol–water partition coefficient (Wildman–Crippen LogP) is 3.10. The number of epoxide rings is 1. The quantitative estimate of drug-likeness (QED) is 0.512. The number of esters is 2. The smallest absolute Gasteiger partial charge is 0.335 e. The molecule has 0 unspecified atom stereocenters. The van der Waals surface area contributed by atoms with E-state index in [4.69, 9.17) is 18.6 Å². The maximum atomic E-state index is 12.1. The van der Waals surface area contributed by atoms with E-state index < -0.39 is 22.9 Å². The van der Waals surface area contributed by atoms with Crippen LogP contribution in [0.3, 0.4) is 0 Å². The van der Waals surface area contributed by atoms with Crippen LogP contribution in [0.2, 0.25) is 0 Å². The minimum Gasteiger partial charge on any atom is -0.463 e. The number of ether oxygens (including phenoxy) is 3. The highest BCUT2D eigenvalue weighted by Gasteiger charge is 2.85. The summed E-state index contributed by atoms with van der Waals surface area (Å²) in [6.45, 7) is 5.08. The first-order valence-corrected chi connectivity index (χ1v) is 12.9. The molecule has 35 heavy (non-hydrogen) atoms. The van der Waals surface area contributed by atoms with Crippen molar-refractivity contribution in [2.75, 3.05) is 0 Å². The Bertz CT molecular complexity index is 1090. The zero-order chi connectivity index (χ0) is 24.8. The maximum absolute atomic E-state index is 12.1. The van der Waals surface area contributed by atoms with Gasteiger partial charge in [0.2, 0.25) is 0 Å². The van der Waals surface area contributed by atoms with Gasteiger partial charge in [0.1, 0.15) is 23.9 Å². The molecule has 1 aliphatic heterocycles. The van der Waals surface area contributed by atoms with Crippen LogP contribution in [0.15, 0.2) is 27.6 Å². The number of hydrogen-bond donors (Lipinski definition) is 1. The van der Waals surface area contributed by atoms with Crippen molar-refractivity contribution in [3.8, 4) is 0 Å². The Kier molecular flexibility index (Phi) is 5.08. The van der Waals surface area contributed by atoms with Gasteiger partial charge in [-0.2, -0.15) is 0 Å². The van der Waals surface area contributed by atoms with E-state index in [-0.39, 0.29) is 53.2 Å². The van der Waals surface area contributed by atoms with Gasteiger partial charge in [0.25, 0.3) is 0 Å². The lowest BCUT2D eigenvalue weighted by Crippen LogP contribution is -2.62. The third-order valence-corrected chi connectivity index (χ3v) is 10.2. The summed E-state index contributed by atoms with van der Waals surface area (Å²) in [5, 5.41) is 12.1. The fourth-order valence-electron chi connectivity index (χ4n) is 9.01. The fraction of sp³-hybridized carbons (Fsp3) is 0.741. The topological polar surface area (TPSA) is 116 Å². The zero-order valence-electron chi connectivity index (χ0n) is 20.5. The van der Waals surface area contributed by atoms with Crippen molar-refractivity contribution < 1.29 is 33.3 Å². The Morgan fingerprint density at radius 2 is 1.80 bits per heavy atom. The highest BCUT2D eigenvalue weighted by atomic mass is 16.7. The molecule has 10 atom stereocenters. The molecule has 0 aromatic carbocycles. The standard InChI is InChI=1S/C27H34O8/c1-14(28)33-18-8-11-26(31)17(12-18)5-6-20-19(26)9-10-25(3)22(16-4-7-21(30)32-13-16)23(34-15(2)29)24-27(20,25)35-24/h4,7,13,17-20,22-24,31H,5-6,8-12H2,1-3H3/t17-,18+,19+,20-,22+,23-,24-,25-,26-,27-/m1/s1. The van der Waals surface area contributed by atoms with Crippen LogP contribution < -0.4 is 5.63 Å². The Balaban J connectivity index is 1.34. The van der Waals surface area contributed by atoms with Crippen molar-refractivity contribution in [2.45, 2.75) is 101 Å². The average molecular weight is 487 g/mol. The summed E-state index contributed by atoms with van der Waals surface area (Å²) in [6, 6.07) is 3.20. The molecule has 1 spiro atoms. The molecule has 0 amide bonds. The lowest BCUT2D eigenvalue weighted by Gasteiger charge is -2.59. The van der Waals surface area contributed by atoms with Crippen LogP contribution in [0.5, 0.6) is 0 Å². The summed E-state index contributed by atoms with van der Waals surface area (Å²) in [4.78, 5) is 35.2. The van der Waals surface area contributed by atoms with E-state index in [9.17, 15) is 19.5 Å². The largest absolute Gasteiger partial charge is 0.463 e. The highest BCUT2D eigenvalue weighted by molar-refractivity contribution is 5.67. The normalized spacial score (nSPS) is 47.5. The second kappa shape index (κ2) is 7.65. The monoisotopic (exact) mass is 486 g/mol. The molecule has 0 radical (unpaired) electrons. The predicted molar refractivity (Wildman–Crippen MR) is 122 cm³/mol. The van der Waals surface area contributed by atoms with Gasteiger partial charge in [-0.05, 0) is 74.3 Å². The molecule has 1 N–H and O–H groups in total. The van der Waals surface area contributed by atoms with Crippen LogP contribution in [0.1, 0.15) is 77.2 Å². The molecule has 1 aromatic rings. The number of hydrogen-bond acceptors (Lipinski definition) is 8. The minimum atomic E-state index is -0.805. The van der Waals surface area contributed by atoms with Crippen molar-refractivity contribution in [1.29, 1.82) is 0 Å². The summed E-state index contributed by atoms with van der Waals surface area (Å²) in [7, 11) is 0. The van der Waals surface area contributed by atoms with Gasteiger partial charge >= 0.3 is 17.6 Å². The van der Waals surface area contributed by atoms with E-state index in [1.807, 2.05) is 0 Å². The molecule has 8 heteroatoms. The van der Waals surface area contributed by atoms with Gasteiger partial charge in [0, 0.05) is 31.2 Å². The molecule has 190 valence electrons. The van der Waals surface area contributed by atoms with Gasteiger partial charge in [0.05, 0.1) is 11.9 Å². The van der Waals surface area contributed by atoms with E-state index in [2.05, 4.69) is 6.92 Å². The van der Waals surface area contributed by atoms with E-state index >= 15 is 0 Å². The van der Waals surface area contributed by atoms with E-state index in [1.54, 1.807) is 6.07 Å². The summed E-state index contributed by atoms with van der Waals surface area (Å²) >= 11 is 0. The fourth-order valence-corrected chi connectivity index (χ4v) is 9.01. The molecule has 0 bridgehead atoms. The highest BCUT2D eigenvalue weighted by Crippen LogP contribution is 2.77. The number of carbonyl (C=O) groups is 2. The van der Waals surface area contributed by atoms with Crippen molar-refractivity contribution in [1.82, 2.24) is 0 Å².